The zero-order valence-corrected chi connectivity index (χ0v) is 49.4. The smallest absolute Gasteiger partial charge is 0.305 e. The molecule has 0 aromatic rings. The Bertz CT molecular complexity index is 1170. The third-order valence-electron chi connectivity index (χ3n) is 16.5. The summed E-state index contributed by atoms with van der Waals surface area (Å²) in [6.45, 7) is 10.5. The lowest BCUT2D eigenvalue weighted by Crippen LogP contribution is -2.30. The zero-order chi connectivity index (χ0) is 51.9. The highest BCUT2D eigenvalue weighted by molar-refractivity contribution is 5.69. The molecule has 0 heterocycles. The summed E-state index contributed by atoms with van der Waals surface area (Å²) < 4.78 is 11.2. The van der Waals surface area contributed by atoms with Gasteiger partial charge in [-0.05, 0) is 81.5 Å². The molecular weight excluding hydrogens is 881 g/mol. The van der Waals surface area contributed by atoms with E-state index in [9.17, 15) is 9.59 Å². The van der Waals surface area contributed by atoms with E-state index >= 15 is 0 Å². The first-order valence-electron chi connectivity index (χ1n) is 33.2. The molecule has 4 heteroatoms. The van der Waals surface area contributed by atoms with Crippen LogP contribution >= 0.6 is 0 Å². The largest absolute Gasteiger partial charge is 0.466 e. The first-order valence-corrected chi connectivity index (χ1v) is 33.2. The lowest BCUT2D eigenvalue weighted by molar-refractivity contribution is -0.144. The maximum absolute atomic E-state index is 12.4. The highest BCUT2D eigenvalue weighted by atomic mass is 16.5. The molecule has 0 aliphatic heterocycles. The fraction of sp³-hybridized carbons (Fsp3) is 0.912. The molecule has 4 atom stereocenters. The Balaban J connectivity index is 2.33. The van der Waals surface area contributed by atoms with E-state index in [-0.39, 0.29) is 11.9 Å². The van der Waals surface area contributed by atoms with E-state index in [0.717, 1.165) is 50.4 Å². The number of rotatable bonds is 57. The Morgan fingerprint density at radius 1 is 0.333 bits per heavy atom. The molecule has 1 aliphatic carbocycles. The molecule has 0 radical (unpaired) electrons. The maximum atomic E-state index is 12.4. The van der Waals surface area contributed by atoms with Crippen LogP contribution in [0.2, 0.25) is 0 Å². The van der Waals surface area contributed by atoms with E-state index in [0.29, 0.717) is 37.9 Å². The topological polar surface area (TPSA) is 52.6 Å². The van der Waals surface area contributed by atoms with Crippen LogP contribution in [0.5, 0.6) is 0 Å². The molecule has 0 aromatic carbocycles. The number of carbonyl (C=O) groups excluding carboxylic acids is 2. The molecule has 0 amide bonds. The summed E-state index contributed by atoms with van der Waals surface area (Å²) in [4.78, 5) is 24.8. The van der Waals surface area contributed by atoms with Crippen molar-refractivity contribution in [3.8, 4) is 0 Å². The van der Waals surface area contributed by atoms with Crippen LogP contribution in [0, 0.1) is 23.7 Å². The number of ether oxygens (including phenoxy) is 2. The summed E-state index contributed by atoms with van der Waals surface area (Å²) in [5, 5.41) is 0. The molecule has 1 aliphatic rings. The molecular formula is C68H128O4. The van der Waals surface area contributed by atoms with Crippen LogP contribution < -0.4 is 0 Å². The van der Waals surface area contributed by atoms with Gasteiger partial charge in [0.1, 0.15) is 0 Å². The van der Waals surface area contributed by atoms with Gasteiger partial charge >= 0.3 is 11.9 Å². The van der Waals surface area contributed by atoms with Crippen LogP contribution in [-0.4, -0.2) is 25.2 Å². The van der Waals surface area contributed by atoms with Crippen LogP contribution in [0.4, 0.5) is 0 Å². The van der Waals surface area contributed by atoms with Gasteiger partial charge < -0.3 is 9.47 Å². The fourth-order valence-electron chi connectivity index (χ4n) is 11.7. The Labute approximate surface area is 451 Å². The molecule has 0 saturated heterocycles. The minimum Gasteiger partial charge on any atom is -0.466 e. The predicted octanol–water partition coefficient (Wildman–Crippen LogP) is 23.0. The van der Waals surface area contributed by atoms with Crippen molar-refractivity contribution in [3.63, 3.8) is 0 Å². The van der Waals surface area contributed by atoms with Crippen LogP contribution in [0.25, 0.3) is 0 Å². The Morgan fingerprint density at radius 2 is 0.625 bits per heavy atom. The van der Waals surface area contributed by atoms with Crippen molar-refractivity contribution in [3.05, 3.63) is 24.3 Å². The molecule has 4 unspecified atom stereocenters. The predicted molar refractivity (Wildman–Crippen MR) is 317 cm³/mol. The summed E-state index contributed by atoms with van der Waals surface area (Å²) in [5.41, 5.74) is 0. The van der Waals surface area contributed by atoms with Crippen LogP contribution in [0.3, 0.4) is 0 Å². The number of hydrogen-bond donors (Lipinski definition) is 0. The Hall–Kier alpha value is -1.58. The molecule has 1 rings (SSSR count). The van der Waals surface area contributed by atoms with Gasteiger partial charge in [-0.2, -0.15) is 0 Å². The van der Waals surface area contributed by atoms with E-state index in [2.05, 4.69) is 52.0 Å². The van der Waals surface area contributed by atoms with Crippen molar-refractivity contribution in [1.82, 2.24) is 0 Å². The monoisotopic (exact) mass is 1010 g/mol. The van der Waals surface area contributed by atoms with Crippen LogP contribution in [-0.2, 0) is 19.1 Å². The van der Waals surface area contributed by atoms with Crippen molar-refractivity contribution in [2.45, 2.75) is 362 Å². The van der Waals surface area contributed by atoms with Gasteiger partial charge in [0.2, 0.25) is 0 Å². The van der Waals surface area contributed by atoms with Gasteiger partial charge in [-0.1, -0.05) is 315 Å². The van der Waals surface area contributed by atoms with Gasteiger partial charge in [0, 0.05) is 12.8 Å². The summed E-state index contributed by atoms with van der Waals surface area (Å²) >= 11 is 0. The molecule has 72 heavy (non-hydrogen) atoms. The average Bonchev–Trinajstić information content (AvgIpc) is 3.38. The van der Waals surface area contributed by atoms with Gasteiger partial charge in [0.05, 0.1) is 13.2 Å². The molecule has 0 aromatic heterocycles. The van der Waals surface area contributed by atoms with Crippen molar-refractivity contribution in [2.24, 2.45) is 23.7 Å². The molecule has 424 valence electrons. The number of esters is 2. The Kier molecular flexibility index (Phi) is 52.9. The minimum atomic E-state index is 0.0131. The number of unbranched alkanes of at least 4 members (excludes halogenated alkanes) is 41. The number of hydrogen-bond acceptors (Lipinski definition) is 4. The Morgan fingerprint density at radius 3 is 1.03 bits per heavy atom. The van der Waals surface area contributed by atoms with Gasteiger partial charge in [-0.25, -0.2) is 0 Å². The lowest BCUT2D eigenvalue weighted by atomic mass is 9.66. The second-order valence-corrected chi connectivity index (χ2v) is 23.3. The van der Waals surface area contributed by atoms with Crippen molar-refractivity contribution >= 4 is 11.9 Å². The average molecular weight is 1010 g/mol. The third-order valence-corrected chi connectivity index (χ3v) is 16.5. The summed E-state index contributed by atoms with van der Waals surface area (Å²) in [7, 11) is 0. The second-order valence-electron chi connectivity index (χ2n) is 23.3. The quantitative estimate of drug-likeness (QED) is 0.0346. The van der Waals surface area contributed by atoms with E-state index < -0.39 is 0 Å². The van der Waals surface area contributed by atoms with Gasteiger partial charge in [0.25, 0.3) is 0 Å². The minimum absolute atomic E-state index is 0.0131. The number of carbonyl (C=O) groups is 2. The molecule has 4 nitrogen and oxygen atoms in total. The highest BCUT2D eigenvalue weighted by Crippen LogP contribution is 2.43. The first kappa shape index (κ1) is 68.4. The summed E-state index contributed by atoms with van der Waals surface area (Å²) in [6, 6.07) is 0. The van der Waals surface area contributed by atoms with E-state index in [1.165, 1.54) is 283 Å². The normalized spacial score (nSPS) is 16.8. The molecule has 0 N–H and O–H groups in total. The fourth-order valence-corrected chi connectivity index (χ4v) is 11.7. The molecule has 0 fully saturated rings. The van der Waals surface area contributed by atoms with E-state index in [4.69, 9.17) is 9.47 Å². The maximum Gasteiger partial charge on any atom is 0.305 e. The van der Waals surface area contributed by atoms with Crippen molar-refractivity contribution in [2.75, 3.05) is 13.2 Å². The van der Waals surface area contributed by atoms with Crippen LogP contribution in [0.1, 0.15) is 362 Å². The summed E-state index contributed by atoms with van der Waals surface area (Å²) in [5.74, 6) is 2.86. The second kappa shape index (κ2) is 55.6. The SMILES string of the molecule is CCCCCCCCCCCCCCCCOC(=O)CCCCCCCC=CC1C(CCCCCCCC(=O)OCCCCCCCCCCCCCCCC)C=CC(CCCCCC)C1CCCCCC. The lowest BCUT2D eigenvalue weighted by Gasteiger charge is -2.39. The standard InChI is InChI=1S/C68H128O4/c1-5-9-13-17-19-21-23-25-27-29-31-36-43-51-61-71-67(69)57-49-41-35-33-34-40-48-56-66-64(60-59-63(53-45-15-11-7-3)65(66)55-47-16-12-8-4)54-46-39-38-42-50-58-68(70)72-62-52-44-37-32-30-28-26-24-22-20-18-14-10-6-2/h48,56,59-60,63-66H,5-47,49-55,57-58,61-62H2,1-4H3. The van der Waals surface area contributed by atoms with Gasteiger partial charge in [0.15, 0.2) is 0 Å². The zero-order valence-electron chi connectivity index (χ0n) is 49.4. The molecule has 0 bridgehead atoms. The van der Waals surface area contributed by atoms with E-state index in [1.54, 1.807) is 0 Å². The van der Waals surface area contributed by atoms with E-state index in [1.807, 2.05) is 0 Å². The first-order chi connectivity index (χ1) is 35.6. The van der Waals surface area contributed by atoms with Crippen molar-refractivity contribution in [1.29, 1.82) is 0 Å². The molecule has 0 spiro atoms. The van der Waals surface area contributed by atoms with Gasteiger partial charge in [-0.15, -0.1) is 0 Å². The van der Waals surface area contributed by atoms with Crippen molar-refractivity contribution < 1.29 is 19.1 Å². The number of allylic oxidation sites excluding steroid dienone is 4. The van der Waals surface area contributed by atoms with Gasteiger partial charge in [-0.3, -0.25) is 9.59 Å². The third kappa shape index (κ3) is 44.7. The van der Waals surface area contributed by atoms with Crippen LogP contribution in [0.15, 0.2) is 24.3 Å². The highest BCUT2D eigenvalue weighted by Gasteiger charge is 2.33. The summed E-state index contributed by atoms with van der Waals surface area (Å²) in [6.07, 6.45) is 77.3. The molecule has 0 saturated carbocycles.